The Bertz CT molecular complexity index is 580. The summed E-state index contributed by atoms with van der Waals surface area (Å²) in [4.78, 5) is 11.5. The number of carbonyl (C=O) groups excluding carboxylic acids is 1. The smallest absolute Gasteiger partial charge is 0.160 e. The predicted molar refractivity (Wildman–Crippen MR) is 108 cm³/mol. The average molecular weight is 325 g/mol. The molecule has 0 saturated carbocycles. The summed E-state index contributed by atoms with van der Waals surface area (Å²) in [5.41, 5.74) is 3.04. The maximum Gasteiger partial charge on any atom is 0.160 e. The van der Waals surface area contributed by atoms with Crippen molar-refractivity contribution in [1.82, 2.24) is 0 Å². The van der Waals surface area contributed by atoms with Crippen LogP contribution in [-0.2, 0) is 6.42 Å². The number of carbonyl (C=O) groups is 1. The van der Waals surface area contributed by atoms with E-state index in [1.54, 1.807) is 6.92 Å². The van der Waals surface area contributed by atoms with Gasteiger partial charge in [0.1, 0.15) is 0 Å². The van der Waals surface area contributed by atoms with Crippen LogP contribution >= 0.6 is 0 Å². The lowest BCUT2D eigenvalue weighted by atomic mass is 10.0. The van der Waals surface area contributed by atoms with Crippen molar-refractivity contribution in [2.75, 3.05) is 0 Å². The molecular formula is C23H32O. The summed E-state index contributed by atoms with van der Waals surface area (Å²) >= 11 is 0. The standard InChI is InChI=1S/C17H16O.C4H10.C2H6/c1-14(18)17-13-6-5-11-16(17)12-7-10-15-8-3-2-4-9-15;1-3-4-2;1-2/h2-9,11-13H,10H2,1H3;3-4H2,1-2H3;1-2H3/b12-7+;;. The molecule has 2 aromatic carbocycles. The Morgan fingerprint density at radius 3 is 1.96 bits per heavy atom. The third-order valence-electron chi connectivity index (χ3n) is 3.33. The van der Waals surface area contributed by atoms with Crippen molar-refractivity contribution < 1.29 is 4.79 Å². The van der Waals surface area contributed by atoms with Gasteiger partial charge >= 0.3 is 0 Å². The average Bonchev–Trinajstić information content (AvgIpc) is 2.65. The minimum Gasteiger partial charge on any atom is -0.294 e. The predicted octanol–water partition coefficient (Wildman–Crippen LogP) is 6.98. The van der Waals surface area contributed by atoms with Crippen LogP contribution < -0.4 is 0 Å². The van der Waals surface area contributed by atoms with Gasteiger partial charge in [-0.3, -0.25) is 4.79 Å². The van der Waals surface area contributed by atoms with E-state index in [-0.39, 0.29) is 5.78 Å². The van der Waals surface area contributed by atoms with Crippen molar-refractivity contribution >= 4 is 11.9 Å². The number of allylic oxidation sites excluding steroid dienone is 1. The number of unbranched alkanes of at least 4 members (excludes halogenated alkanes) is 1. The van der Waals surface area contributed by atoms with Gasteiger partial charge in [0.2, 0.25) is 0 Å². The van der Waals surface area contributed by atoms with Gasteiger partial charge in [-0.25, -0.2) is 0 Å². The molecule has 130 valence electrons. The Labute approximate surface area is 148 Å². The van der Waals surface area contributed by atoms with Gasteiger partial charge < -0.3 is 0 Å². The number of benzene rings is 2. The number of ketones is 1. The molecule has 0 saturated heterocycles. The summed E-state index contributed by atoms with van der Waals surface area (Å²) in [6.45, 7) is 9.96. The Morgan fingerprint density at radius 2 is 1.42 bits per heavy atom. The summed E-state index contributed by atoms with van der Waals surface area (Å²) in [7, 11) is 0. The second-order valence-corrected chi connectivity index (χ2v) is 5.24. The quantitative estimate of drug-likeness (QED) is 0.542. The molecular weight excluding hydrogens is 292 g/mol. The van der Waals surface area contributed by atoms with Crippen molar-refractivity contribution in [3.63, 3.8) is 0 Å². The number of hydrogen-bond acceptors (Lipinski definition) is 1. The fourth-order valence-corrected chi connectivity index (χ4v) is 1.90. The largest absolute Gasteiger partial charge is 0.294 e. The van der Waals surface area contributed by atoms with Gasteiger partial charge in [-0.2, -0.15) is 0 Å². The topological polar surface area (TPSA) is 17.1 Å². The number of rotatable bonds is 5. The van der Waals surface area contributed by atoms with E-state index in [0.717, 1.165) is 17.5 Å². The van der Waals surface area contributed by atoms with Crippen LogP contribution in [0.25, 0.3) is 6.08 Å². The maximum absolute atomic E-state index is 11.5. The van der Waals surface area contributed by atoms with E-state index < -0.39 is 0 Å². The molecule has 0 aliphatic heterocycles. The normalized spacial score (nSPS) is 9.54. The highest BCUT2D eigenvalue weighted by atomic mass is 16.1. The zero-order valence-electron chi connectivity index (χ0n) is 15.9. The van der Waals surface area contributed by atoms with Crippen LogP contribution in [0.15, 0.2) is 60.7 Å². The first-order valence-corrected chi connectivity index (χ1v) is 8.99. The summed E-state index contributed by atoms with van der Waals surface area (Å²) in [6, 6.07) is 18.0. The van der Waals surface area contributed by atoms with Crippen LogP contribution in [0, 0.1) is 0 Å². The van der Waals surface area contributed by atoms with E-state index in [2.05, 4.69) is 32.1 Å². The lowest BCUT2D eigenvalue weighted by Gasteiger charge is -2.01. The Hall–Kier alpha value is -2.15. The first-order chi connectivity index (χ1) is 11.7. The van der Waals surface area contributed by atoms with Crippen LogP contribution in [0.2, 0.25) is 0 Å². The molecule has 0 heterocycles. The zero-order valence-corrected chi connectivity index (χ0v) is 15.9. The maximum atomic E-state index is 11.5. The van der Waals surface area contributed by atoms with Gasteiger partial charge in [-0.05, 0) is 24.5 Å². The molecule has 0 radical (unpaired) electrons. The fourth-order valence-electron chi connectivity index (χ4n) is 1.90. The molecule has 2 rings (SSSR count). The van der Waals surface area contributed by atoms with Gasteiger partial charge in [-0.15, -0.1) is 0 Å². The molecule has 0 aliphatic rings. The van der Waals surface area contributed by atoms with Crippen molar-refractivity contribution in [2.24, 2.45) is 0 Å². The molecule has 0 unspecified atom stereocenters. The van der Waals surface area contributed by atoms with Gasteiger partial charge in [0.25, 0.3) is 0 Å². The van der Waals surface area contributed by atoms with Crippen LogP contribution in [0.4, 0.5) is 0 Å². The highest BCUT2D eigenvalue weighted by Gasteiger charge is 2.02. The zero-order chi connectivity index (χ0) is 18.2. The molecule has 0 fully saturated rings. The van der Waals surface area contributed by atoms with E-state index in [1.807, 2.05) is 62.4 Å². The molecule has 24 heavy (non-hydrogen) atoms. The van der Waals surface area contributed by atoms with E-state index in [0.29, 0.717) is 0 Å². The third-order valence-corrected chi connectivity index (χ3v) is 3.33. The Kier molecular flexibility index (Phi) is 13.1. The third kappa shape index (κ3) is 9.09. The molecule has 0 aliphatic carbocycles. The van der Waals surface area contributed by atoms with Crippen LogP contribution in [0.5, 0.6) is 0 Å². The minimum absolute atomic E-state index is 0.106. The highest BCUT2D eigenvalue weighted by molar-refractivity contribution is 5.97. The van der Waals surface area contributed by atoms with E-state index in [1.165, 1.54) is 18.4 Å². The Morgan fingerprint density at radius 1 is 0.875 bits per heavy atom. The van der Waals surface area contributed by atoms with Crippen molar-refractivity contribution in [2.45, 2.75) is 53.9 Å². The fraction of sp³-hybridized carbons (Fsp3) is 0.348. The molecule has 0 amide bonds. The van der Waals surface area contributed by atoms with Gasteiger partial charge in [0.05, 0.1) is 0 Å². The van der Waals surface area contributed by atoms with Crippen LogP contribution in [0.3, 0.4) is 0 Å². The second kappa shape index (κ2) is 14.4. The molecule has 2 aromatic rings. The van der Waals surface area contributed by atoms with Crippen LogP contribution in [0.1, 0.15) is 68.9 Å². The van der Waals surface area contributed by atoms with Crippen LogP contribution in [-0.4, -0.2) is 5.78 Å². The summed E-state index contributed by atoms with van der Waals surface area (Å²) in [6.07, 6.45) is 7.63. The second-order valence-electron chi connectivity index (χ2n) is 5.24. The Balaban J connectivity index is 0.000000773. The summed E-state index contributed by atoms with van der Waals surface area (Å²) in [5.74, 6) is 0.106. The highest BCUT2D eigenvalue weighted by Crippen LogP contribution is 2.12. The lowest BCUT2D eigenvalue weighted by molar-refractivity contribution is 0.101. The van der Waals surface area contributed by atoms with Gasteiger partial charge in [0.15, 0.2) is 5.78 Å². The van der Waals surface area contributed by atoms with Gasteiger partial charge in [-0.1, -0.05) is 107 Å². The van der Waals surface area contributed by atoms with Gasteiger partial charge in [0, 0.05) is 5.56 Å². The summed E-state index contributed by atoms with van der Waals surface area (Å²) in [5, 5.41) is 0. The molecule has 0 atom stereocenters. The summed E-state index contributed by atoms with van der Waals surface area (Å²) < 4.78 is 0. The van der Waals surface area contributed by atoms with Crippen molar-refractivity contribution in [3.8, 4) is 0 Å². The molecule has 0 N–H and O–H groups in total. The first kappa shape index (κ1) is 21.9. The molecule has 1 nitrogen and oxygen atoms in total. The minimum atomic E-state index is 0.106. The molecule has 0 aromatic heterocycles. The lowest BCUT2D eigenvalue weighted by Crippen LogP contribution is -1.94. The number of Topliss-reactive ketones (excluding diaryl/α,β-unsaturated/α-hetero) is 1. The molecule has 0 bridgehead atoms. The monoisotopic (exact) mass is 324 g/mol. The number of hydrogen-bond donors (Lipinski definition) is 0. The molecule has 0 spiro atoms. The van der Waals surface area contributed by atoms with E-state index in [4.69, 9.17) is 0 Å². The SMILES string of the molecule is CC.CC(=O)c1ccccc1/C=C/Cc1ccccc1.CCCC. The van der Waals surface area contributed by atoms with Crippen molar-refractivity contribution in [3.05, 3.63) is 77.4 Å². The van der Waals surface area contributed by atoms with E-state index in [9.17, 15) is 4.79 Å². The first-order valence-electron chi connectivity index (χ1n) is 8.99. The van der Waals surface area contributed by atoms with E-state index >= 15 is 0 Å². The molecule has 1 heteroatoms. The van der Waals surface area contributed by atoms with Crippen molar-refractivity contribution in [1.29, 1.82) is 0 Å².